The molecule has 0 aromatic rings. The predicted octanol–water partition coefficient (Wildman–Crippen LogP) is 2.64. The van der Waals surface area contributed by atoms with Crippen molar-refractivity contribution in [1.82, 2.24) is 10.6 Å². The average Bonchev–Trinajstić information content (AvgIpc) is 2.27. The maximum absolute atomic E-state index is 3.46. The monoisotopic (exact) mass is 214 g/mol. The van der Waals surface area contributed by atoms with E-state index in [9.17, 15) is 0 Å². The summed E-state index contributed by atoms with van der Waals surface area (Å²) in [5.74, 6) is 1.51. The summed E-state index contributed by atoms with van der Waals surface area (Å²) in [7, 11) is 4.17. The summed E-state index contributed by atoms with van der Waals surface area (Å²) in [5.41, 5.74) is 0. The number of nitrogens with one attached hydrogen (secondary N) is 2. The Kier molecular flexibility index (Phi) is 8.07. The molecule has 0 saturated carbocycles. The first-order valence-corrected chi connectivity index (χ1v) is 6.50. The Balaban J connectivity index is 4.48. The Hall–Kier alpha value is -0.0800. The van der Waals surface area contributed by atoms with Crippen molar-refractivity contribution < 1.29 is 0 Å². The topological polar surface area (TPSA) is 24.1 Å². The van der Waals surface area contributed by atoms with Crippen LogP contribution in [0.15, 0.2) is 0 Å². The molecule has 0 heterocycles. The van der Waals surface area contributed by atoms with Crippen LogP contribution in [0.1, 0.15) is 47.0 Å². The van der Waals surface area contributed by atoms with Gasteiger partial charge in [0.2, 0.25) is 0 Å². The third kappa shape index (κ3) is 4.12. The van der Waals surface area contributed by atoms with E-state index in [0.29, 0.717) is 12.1 Å². The van der Waals surface area contributed by atoms with Gasteiger partial charge in [-0.3, -0.25) is 0 Å². The third-order valence-electron chi connectivity index (χ3n) is 3.92. The summed E-state index contributed by atoms with van der Waals surface area (Å²) >= 11 is 0. The van der Waals surface area contributed by atoms with Crippen LogP contribution in [-0.4, -0.2) is 26.2 Å². The van der Waals surface area contributed by atoms with E-state index in [2.05, 4.69) is 52.4 Å². The van der Waals surface area contributed by atoms with Crippen LogP contribution < -0.4 is 10.6 Å². The second-order valence-corrected chi connectivity index (χ2v) is 4.54. The lowest BCUT2D eigenvalue weighted by molar-refractivity contribution is 0.207. The van der Waals surface area contributed by atoms with E-state index in [1.807, 2.05) is 0 Å². The summed E-state index contributed by atoms with van der Waals surface area (Å²) in [4.78, 5) is 0. The lowest BCUT2D eigenvalue weighted by Crippen LogP contribution is -2.43. The molecular formula is C13H30N2. The molecule has 92 valence electrons. The summed E-state index contributed by atoms with van der Waals surface area (Å²) in [6, 6.07) is 1.31. The molecule has 0 saturated heterocycles. The molecule has 0 aromatic heterocycles. The second-order valence-electron chi connectivity index (χ2n) is 4.54. The summed E-state index contributed by atoms with van der Waals surface area (Å²) in [6.07, 6.45) is 3.70. The van der Waals surface area contributed by atoms with Crippen molar-refractivity contribution in [1.29, 1.82) is 0 Å². The van der Waals surface area contributed by atoms with E-state index >= 15 is 0 Å². The number of hydrogen-bond donors (Lipinski definition) is 2. The second kappa shape index (κ2) is 8.12. The SMILES string of the molecule is CCC(NC)C(C)C(CC)C(CC)NC. The highest BCUT2D eigenvalue weighted by Crippen LogP contribution is 2.25. The zero-order valence-corrected chi connectivity index (χ0v) is 11.4. The van der Waals surface area contributed by atoms with Gasteiger partial charge in [0.25, 0.3) is 0 Å². The third-order valence-corrected chi connectivity index (χ3v) is 3.92. The van der Waals surface area contributed by atoms with Gasteiger partial charge in [0, 0.05) is 12.1 Å². The predicted molar refractivity (Wildman–Crippen MR) is 69.2 cm³/mol. The van der Waals surface area contributed by atoms with E-state index in [0.717, 1.165) is 11.8 Å². The molecule has 0 radical (unpaired) electrons. The highest BCUT2D eigenvalue weighted by molar-refractivity contribution is 4.83. The maximum Gasteiger partial charge on any atom is 0.00927 e. The minimum absolute atomic E-state index is 0.650. The highest BCUT2D eigenvalue weighted by Gasteiger charge is 2.27. The van der Waals surface area contributed by atoms with E-state index < -0.39 is 0 Å². The van der Waals surface area contributed by atoms with Crippen LogP contribution in [0.4, 0.5) is 0 Å². The first kappa shape index (κ1) is 14.9. The van der Waals surface area contributed by atoms with Crippen LogP contribution in [0.5, 0.6) is 0 Å². The molecule has 0 aliphatic rings. The van der Waals surface area contributed by atoms with Gasteiger partial charge in [0.15, 0.2) is 0 Å². The van der Waals surface area contributed by atoms with Crippen molar-refractivity contribution in [2.75, 3.05) is 14.1 Å². The Bertz CT molecular complexity index is 139. The minimum Gasteiger partial charge on any atom is -0.317 e. The minimum atomic E-state index is 0.650. The Morgan fingerprint density at radius 1 is 0.800 bits per heavy atom. The van der Waals surface area contributed by atoms with Gasteiger partial charge in [-0.05, 0) is 38.8 Å². The lowest BCUT2D eigenvalue weighted by Gasteiger charge is -2.35. The fourth-order valence-corrected chi connectivity index (χ4v) is 2.88. The van der Waals surface area contributed by atoms with Crippen molar-refractivity contribution in [3.05, 3.63) is 0 Å². The van der Waals surface area contributed by atoms with Crippen LogP contribution in [-0.2, 0) is 0 Å². The largest absolute Gasteiger partial charge is 0.317 e. The van der Waals surface area contributed by atoms with Crippen LogP contribution in [0.25, 0.3) is 0 Å². The summed E-state index contributed by atoms with van der Waals surface area (Å²) in [5, 5.41) is 6.90. The van der Waals surface area contributed by atoms with Gasteiger partial charge >= 0.3 is 0 Å². The molecule has 2 N–H and O–H groups in total. The molecule has 15 heavy (non-hydrogen) atoms. The van der Waals surface area contributed by atoms with Gasteiger partial charge in [-0.15, -0.1) is 0 Å². The Morgan fingerprint density at radius 2 is 1.27 bits per heavy atom. The molecular weight excluding hydrogens is 184 g/mol. The molecule has 0 aliphatic heterocycles. The summed E-state index contributed by atoms with van der Waals surface area (Å²) < 4.78 is 0. The molecule has 0 fully saturated rings. The van der Waals surface area contributed by atoms with E-state index in [1.165, 1.54) is 19.3 Å². The van der Waals surface area contributed by atoms with Gasteiger partial charge in [0.05, 0.1) is 0 Å². The molecule has 0 aliphatic carbocycles. The van der Waals surface area contributed by atoms with Gasteiger partial charge < -0.3 is 10.6 Å². The smallest absolute Gasteiger partial charge is 0.00927 e. The molecule has 0 amide bonds. The molecule has 0 rings (SSSR count). The molecule has 0 spiro atoms. The van der Waals surface area contributed by atoms with Crippen molar-refractivity contribution in [2.45, 2.75) is 59.0 Å². The van der Waals surface area contributed by atoms with Crippen LogP contribution in [0.3, 0.4) is 0 Å². The van der Waals surface area contributed by atoms with Gasteiger partial charge in [-0.2, -0.15) is 0 Å². The molecule has 0 bridgehead atoms. The number of hydrogen-bond acceptors (Lipinski definition) is 2. The molecule has 4 unspecified atom stereocenters. The average molecular weight is 214 g/mol. The normalized spacial score (nSPS) is 19.6. The summed E-state index contributed by atoms with van der Waals surface area (Å²) in [6.45, 7) is 9.24. The highest BCUT2D eigenvalue weighted by atomic mass is 14.9. The van der Waals surface area contributed by atoms with Crippen LogP contribution >= 0.6 is 0 Å². The van der Waals surface area contributed by atoms with Gasteiger partial charge in [-0.1, -0.05) is 34.1 Å². The zero-order chi connectivity index (χ0) is 11.8. The zero-order valence-electron chi connectivity index (χ0n) is 11.4. The van der Waals surface area contributed by atoms with Gasteiger partial charge in [0.1, 0.15) is 0 Å². The fraction of sp³-hybridized carbons (Fsp3) is 1.00. The van der Waals surface area contributed by atoms with E-state index in [4.69, 9.17) is 0 Å². The van der Waals surface area contributed by atoms with Crippen LogP contribution in [0, 0.1) is 11.8 Å². The van der Waals surface area contributed by atoms with Gasteiger partial charge in [-0.25, -0.2) is 0 Å². The molecule has 4 atom stereocenters. The fourth-order valence-electron chi connectivity index (χ4n) is 2.88. The number of rotatable bonds is 8. The first-order chi connectivity index (χ1) is 7.15. The first-order valence-electron chi connectivity index (χ1n) is 6.50. The Labute approximate surface area is 96.2 Å². The molecule has 2 heteroatoms. The Morgan fingerprint density at radius 3 is 1.53 bits per heavy atom. The lowest BCUT2D eigenvalue weighted by atomic mass is 9.79. The molecule has 2 nitrogen and oxygen atoms in total. The quantitative estimate of drug-likeness (QED) is 0.649. The van der Waals surface area contributed by atoms with Crippen molar-refractivity contribution in [3.8, 4) is 0 Å². The maximum atomic E-state index is 3.46. The standard InChI is InChI=1S/C13H30N2/c1-7-11(13(9-3)15-6)10(4)12(8-2)14-5/h10-15H,7-9H2,1-6H3. The molecule has 0 aromatic carbocycles. The van der Waals surface area contributed by atoms with Crippen LogP contribution in [0.2, 0.25) is 0 Å². The van der Waals surface area contributed by atoms with E-state index in [-0.39, 0.29) is 0 Å². The van der Waals surface area contributed by atoms with Crippen molar-refractivity contribution in [3.63, 3.8) is 0 Å². The van der Waals surface area contributed by atoms with Crippen molar-refractivity contribution in [2.24, 2.45) is 11.8 Å². The van der Waals surface area contributed by atoms with E-state index in [1.54, 1.807) is 0 Å². The van der Waals surface area contributed by atoms with Crippen molar-refractivity contribution >= 4 is 0 Å².